The first-order valence-corrected chi connectivity index (χ1v) is 6.89. The average Bonchev–Trinajstić information content (AvgIpc) is 2.53. The minimum Gasteiger partial charge on any atom is -0.497 e. The molecule has 1 heterocycles. The summed E-state index contributed by atoms with van der Waals surface area (Å²) in [5.41, 5.74) is 5.22. The molecule has 0 saturated heterocycles. The van der Waals surface area contributed by atoms with Crippen LogP contribution in [0.2, 0.25) is 0 Å². The van der Waals surface area contributed by atoms with Gasteiger partial charge in [0.15, 0.2) is 0 Å². The lowest BCUT2D eigenvalue weighted by Gasteiger charge is -2.11. The van der Waals surface area contributed by atoms with Crippen LogP contribution in [0.3, 0.4) is 0 Å². The van der Waals surface area contributed by atoms with Gasteiger partial charge in [0.2, 0.25) is 0 Å². The highest BCUT2D eigenvalue weighted by atomic mass is 16.5. The number of ether oxygens (including phenoxy) is 1. The van der Waals surface area contributed by atoms with Crippen LogP contribution in [0.1, 0.15) is 16.8 Å². The molecule has 0 unspecified atom stereocenters. The van der Waals surface area contributed by atoms with E-state index in [0.29, 0.717) is 0 Å². The summed E-state index contributed by atoms with van der Waals surface area (Å²) in [5.74, 6) is 0.849. The Bertz CT molecular complexity index is 803. The van der Waals surface area contributed by atoms with Crippen molar-refractivity contribution in [3.05, 3.63) is 78.0 Å². The van der Waals surface area contributed by atoms with Gasteiger partial charge in [0.05, 0.1) is 12.6 Å². The van der Waals surface area contributed by atoms with Crippen LogP contribution in [0.15, 0.2) is 61.2 Å². The van der Waals surface area contributed by atoms with Crippen molar-refractivity contribution >= 4 is 16.5 Å². The first kappa shape index (κ1) is 13.4. The maximum Gasteiger partial charge on any atom is 0.118 e. The zero-order valence-corrected chi connectivity index (χ0v) is 12.3. The topological polar surface area (TPSA) is 22.1 Å². The van der Waals surface area contributed by atoms with Gasteiger partial charge in [0.1, 0.15) is 5.75 Å². The number of hydrogen-bond acceptors (Lipinski definition) is 2. The van der Waals surface area contributed by atoms with Crippen LogP contribution in [0, 0.1) is 6.92 Å². The van der Waals surface area contributed by atoms with Crippen molar-refractivity contribution in [2.45, 2.75) is 6.92 Å². The summed E-state index contributed by atoms with van der Waals surface area (Å²) in [7, 11) is 1.67. The van der Waals surface area contributed by atoms with Crippen LogP contribution in [-0.4, -0.2) is 12.1 Å². The number of aromatic nitrogens is 1. The van der Waals surface area contributed by atoms with Crippen molar-refractivity contribution in [2.75, 3.05) is 7.11 Å². The zero-order valence-electron chi connectivity index (χ0n) is 12.3. The Morgan fingerprint density at radius 2 is 1.76 bits per heavy atom. The molecule has 3 rings (SSSR count). The highest BCUT2D eigenvalue weighted by molar-refractivity contribution is 5.95. The van der Waals surface area contributed by atoms with E-state index in [1.807, 2.05) is 49.4 Å². The fraction of sp³-hybridized carbons (Fsp3) is 0.105. The standard InChI is InChI=1S/C19H17NO/c1-13-12-18(17-6-4-5-7-19(17)20-13)14(2)15-8-10-16(21-3)11-9-15/h4-12H,2H2,1,3H3. The average molecular weight is 275 g/mol. The van der Waals surface area contributed by atoms with Crippen LogP contribution in [-0.2, 0) is 0 Å². The zero-order chi connectivity index (χ0) is 14.8. The first-order chi connectivity index (χ1) is 10.2. The Labute approximate surface area is 124 Å². The number of para-hydroxylation sites is 1. The van der Waals surface area contributed by atoms with Crippen LogP contribution in [0.25, 0.3) is 16.5 Å². The molecule has 3 aromatic rings. The molecule has 0 saturated carbocycles. The molecule has 0 atom stereocenters. The molecule has 0 aliphatic heterocycles. The third-order valence-corrected chi connectivity index (χ3v) is 3.61. The molecule has 0 radical (unpaired) electrons. The van der Waals surface area contributed by atoms with E-state index in [-0.39, 0.29) is 0 Å². The van der Waals surface area contributed by atoms with E-state index in [9.17, 15) is 0 Å². The summed E-state index contributed by atoms with van der Waals surface area (Å²) >= 11 is 0. The lowest BCUT2D eigenvalue weighted by molar-refractivity contribution is 0.415. The predicted octanol–water partition coefficient (Wildman–Crippen LogP) is 4.61. The molecule has 0 amide bonds. The molecule has 2 nitrogen and oxygen atoms in total. The lowest BCUT2D eigenvalue weighted by atomic mass is 9.96. The van der Waals surface area contributed by atoms with Gasteiger partial charge in [-0.15, -0.1) is 0 Å². The number of rotatable bonds is 3. The van der Waals surface area contributed by atoms with Crippen LogP contribution < -0.4 is 4.74 Å². The summed E-state index contributed by atoms with van der Waals surface area (Å²) in [6.45, 7) is 6.28. The van der Waals surface area contributed by atoms with Crippen molar-refractivity contribution in [2.24, 2.45) is 0 Å². The van der Waals surface area contributed by atoms with E-state index in [1.54, 1.807) is 7.11 Å². The molecule has 1 aromatic heterocycles. The monoisotopic (exact) mass is 275 g/mol. The molecule has 104 valence electrons. The molecular weight excluding hydrogens is 258 g/mol. The summed E-state index contributed by atoms with van der Waals surface area (Å²) in [4.78, 5) is 4.58. The lowest BCUT2D eigenvalue weighted by Crippen LogP contribution is -1.93. The number of fused-ring (bicyclic) bond motifs is 1. The summed E-state index contributed by atoms with van der Waals surface area (Å²) in [5, 5.41) is 1.13. The minimum atomic E-state index is 0.849. The number of nitrogens with zero attached hydrogens (tertiary/aromatic N) is 1. The Hall–Kier alpha value is -2.61. The fourth-order valence-corrected chi connectivity index (χ4v) is 2.51. The van der Waals surface area contributed by atoms with E-state index in [2.05, 4.69) is 23.7 Å². The van der Waals surface area contributed by atoms with Crippen molar-refractivity contribution in [1.29, 1.82) is 0 Å². The molecule has 21 heavy (non-hydrogen) atoms. The molecule has 0 aliphatic rings. The third-order valence-electron chi connectivity index (χ3n) is 3.61. The molecule has 0 bridgehead atoms. The summed E-state index contributed by atoms with van der Waals surface area (Å²) in [6.07, 6.45) is 0. The maximum absolute atomic E-state index is 5.20. The minimum absolute atomic E-state index is 0.849. The summed E-state index contributed by atoms with van der Waals surface area (Å²) < 4.78 is 5.20. The number of hydrogen-bond donors (Lipinski definition) is 0. The quantitative estimate of drug-likeness (QED) is 0.696. The number of benzene rings is 2. The molecule has 0 aliphatic carbocycles. The van der Waals surface area contributed by atoms with Crippen LogP contribution in [0.5, 0.6) is 5.75 Å². The molecule has 0 fully saturated rings. The molecule has 2 aromatic carbocycles. The highest BCUT2D eigenvalue weighted by Crippen LogP contribution is 2.29. The Balaban J connectivity index is 2.12. The van der Waals surface area contributed by atoms with Gasteiger partial charge >= 0.3 is 0 Å². The third kappa shape index (κ3) is 2.52. The van der Waals surface area contributed by atoms with E-state index >= 15 is 0 Å². The van der Waals surface area contributed by atoms with Gasteiger partial charge in [-0.3, -0.25) is 4.98 Å². The van der Waals surface area contributed by atoms with Gasteiger partial charge in [-0.05, 0) is 47.9 Å². The van der Waals surface area contributed by atoms with Crippen molar-refractivity contribution in [3.8, 4) is 5.75 Å². The largest absolute Gasteiger partial charge is 0.497 e. The summed E-state index contributed by atoms with van der Waals surface area (Å²) in [6, 6.07) is 18.2. The van der Waals surface area contributed by atoms with Gasteiger partial charge in [0.25, 0.3) is 0 Å². The van der Waals surface area contributed by atoms with E-state index in [0.717, 1.165) is 39.0 Å². The van der Waals surface area contributed by atoms with Crippen LogP contribution in [0.4, 0.5) is 0 Å². The first-order valence-electron chi connectivity index (χ1n) is 6.89. The van der Waals surface area contributed by atoms with Gasteiger partial charge in [0, 0.05) is 11.1 Å². The van der Waals surface area contributed by atoms with E-state index in [4.69, 9.17) is 4.74 Å². The van der Waals surface area contributed by atoms with Crippen molar-refractivity contribution in [1.82, 2.24) is 4.98 Å². The Morgan fingerprint density at radius 3 is 2.48 bits per heavy atom. The Morgan fingerprint density at radius 1 is 1.05 bits per heavy atom. The fourth-order valence-electron chi connectivity index (χ4n) is 2.51. The van der Waals surface area contributed by atoms with Crippen molar-refractivity contribution < 1.29 is 4.74 Å². The van der Waals surface area contributed by atoms with Gasteiger partial charge in [-0.25, -0.2) is 0 Å². The maximum atomic E-state index is 5.20. The van der Waals surface area contributed by atoms with Gasteiger partial charge in [-0.1, -0.05) is 36.9 Å². The smallest absolute Gasteiger partial charge is 0.118 e. The van der Waals surface area contributed by atoms with E-state index in [1.165, 1.54) is 0 Å². The predicted molar refractivity (Wildman–Crippen MR) is 87.6 cm³/mol. The highest BCUT2D eigenvalue weighted by Gasteiger charge is 2.09. The molecule has 2 heteroatoms. The second kappa shape index (κ2) is 5.41. The second-order valence-electron chi connectivity index (χ2n) is 5.04. The van der Waals surface area contributed by atoms with Gasteiger partial charge in [-0.2, -0.15) is 0 Å². The molecule has 0 N–H and O–H groups in total. The molecule has 0 spiro atoms. The van der Waals surface area contributed by atoms with Crippen molar-refractivity contribution in [3.63, 3.8) is 0 Å². The number of aryl methyl sites for hydroxylation is 1. The Kier molecular flexibility index (Phi) is 3.44. The van der Waals surface area contributed by atoms with E-state index < -0.39 is 0 Å². The molecular formula is C19H17NO. The van der Waals surface area contributed by atoms with Crippen LogP contribution >= 0.6 is 0 Å². The van der Waals surface area contributed by atoms with Gasteiger partial charge < -0.3 is 4.74 Å². The number of pyridine rings is 1. The SMILES string of the molecule is C=C(c1ccc(OC)cc1)c1cc(C)nc2ccccc12. The number of methoxy groups -OCH3 is 1. The normalized spacial score (nSPS) is 10.6. The second-order valence-corrected chi connectivity index (χ2v) is 5.04.